The number of rotatable bonds is 10. The Labute approximate surface area is 201 Å². The smallest absolute Gasteiger partial charge is 0.337 e. The molecule has 1 atom stereocenters. The summed E-state index contributed by atoms with van der Waals surface area (Å²) < 4.78 is 38.7. The van der Waals surface area contributed by atoms with E-state index >= 15 is 0 Å². The lowest BCUT2D eigenvalue weighted by Crippen LogP contribution is -2.74. The molecule has 1 aliphatic rings. The van der Waals surface area contributed by atoms with Crippen molar-refractivity contribution < 1.29 is 23.3 Å². The zero-order chi connectivity index (χ0) is 24.6. The highest BCUT2D eigenvalue weighted by Gasteiger charge is 2.30. The number of carbonyl (C=O) groups excluding carboxylic acids is 1. The molecule has 0 aliphatic carbocycles. The molecule has 0 bridgehead atoms. The summed E-state index contributed by atoms with van der Waals surface area (Å²) in [4.78, 5) is 16.6. The fourth-order valence-corrected chi connectivity index (χ4v) is 3.70. The largest absolute Gasteiger partial charge is 0.416 e. The molecule has 0 saturated carbocycles. The minimum absolute atomic E-state index is 0.0325. The molecule has 1 heterocycles. The van der Waals surface area contributed by atoms with E-state index in [0.29, 0.717) is 18.1 Å². The summed E-state index contributed by atoms with van der Waals surface area (Å²) in [6.07, 6.45) is 0.827. The fraction of sp³-hybridized carbons (Fsp3) is 0.333. The number of nitrogens with two attached hydrogens (primary N) is 1. The number of nitrogens with zero attached hydrogens (tertiary/aromatic N) is 1. The number of benzene rings is 2. The lowest BCUT2D eigenvalue weighted by atomic mass is 9.94. The van der Waals surface area contributed by atoms with E-state index in [1.54, 1.807) is 6.34 Å². The second-order valence-corrected chi connectivity index (χ2v) is 8.44. The number of quaternary nitrogens is 1. The molecular weight excluding hydrogens is 467 g/mol. The molecule has 34 heavy (non-hydrogen) atoms. The quantitative estimate of drug-likeness (QED) is 0.369. The molecule has 5 N–H and O–H groups in total. The van der Waals surface area contributed by atoms with Crippen LogP contribution in [0.4, 0.5) is 23.7 Å². The predicted octanol–water partition coefficient (Wildman–Crippen LogP) is 4.39. The fourth-order valence-electron chi connectivity index (χ4n) is 3.52. The zero-order valence-electron chi connectivity index (χ0n) is 18.8. The number of urea groups is 1. The molecule has 6 nitrogen and oxygen atoms in total. The van der Waals surface area contributed by atoms with Crippen molar-refractivity contribution in [3.05, 3.63) is 76.1 Å². The Morgan fingerprint density at radius 3 is 2.71 bits per heavy atom. The third-order valence-corrected chi connectivity index (χ3v) is 5.87. The maximum atomic E-state index is 12.9. The lowest BCUT2D eigenvalue weighted by molar-refractivity contribution is -0.447. The molecular formula is C24H28ClF3N5O+. The number of aryl methyl sites for hydroxylation is 1. The summed E-state index contributed by atoms with van der Waals surface area (Å²) in [6.45, 7) is 3.72. The van der Waals surface area contributed by atoms with Gasteiger partial charge in [-0.25, -0.2) is 9.79 Å². The van der Waals surface area contributed by atoms with Gasteiger partial charge in [-0.15, -0.1) is 0 Å². The molecule has 10 heteroatoms. The maximum absolute atomic E-state index is 12.9. The Morgan fingerprint density at radius 2 is 2.00 bits per heavy atom. The average Bonchev–Trinajstić information content (AvgIpc) is 3.31. The van der Waals surface area contributed by atoms with Crippen molar-refractivity contribution in [3.63, 3.8) is 0 Å². The minimum atomic E-state index is -4.48. The van der Waals surface area contributed by atoms with Gasteiger partial charge in [-0.05, 0) is 55.3 Å². The monoisotopic (exact) mass is 494 g/mol. The second kappa shape index (κ2) is 12.0. The van der Waals surface area contributed by atoms with E-state index in [-0.39, 0.29) is 11.6 Å². The van der Waals surface area contributed by atoms with Crippen molar-refractivity contribution in [2.24, 2.45) is 4.99 Å². The van der Waals surface area contributed by atoms with Crippen LogP contribution >= 0.6 is 11.6 Å². The van der Waals surface area contributed by atoms with E-state index in [0.717, 1.165) is 48.3 Å². The Kier molecular flexibility index (Phi) is 9.09. The Bertz CT molecular complexity index is 1060. The SMILES string of the molecule is Cc1ccc(C(CCNCCC2=C[NH2+]C=N2)CNC(=O)Nc2cccc(C(F)(F)F)c2)cc1Cl. The highest BCUT2D eigenvalue weighted by Crippen LogP contribution is 2.30. The standard InChI is InChI=1S/C24H27ClF3N5O/c1-16-5-6-17(11-22(16)25)18(7-9-29-10-8-21-14-30-15-32-21)13-31-23(34)33-20-4-2-3-19(12-20)24(26,27)28/h2-6,11-12,14-15,18,29H,7-10,13H2,1H3,(H,30,32)(H2,31,33,34)/p+1. The van der Waals surface area contributed by atoms with Gasteiger partial charge in [0.25, 0.3) is 0 Å². The molecule has 3 rings (SSSR count). The van der Waals surface area contributed by atoms with Gasteiger partial charge in [0.05, 0.1) is 5.56 Å². The van der Waals surface area contributed by atoms with Crippen molar-refractivity contribution in [3.8, 4) is 0 Å². The number of alkyl halides is 3. The maximum Gasteiger partial charge on any atom is 0.416 e. The summed E-state index contributed by atoms with van der Waals surface area (Å²) in [7, 11) is 0. The van der Waals surface area contributed by atoms with Crippen molar-refractivity contribution >= 4 is 29.7 Å². The van der Waals surface area contributed by atoms with Crippen LogP contribution in [0.1, 0.15) is 35.4 Å². The normalized spacial score (nSPS) is 14.1. The molecule has 1 unspecified atom stereocenters. The van der Waals surface area contributed by atoms with Crippen LogP contribution in [0.3, 0.4) is 0 Å². The van der Waals surface area contributed by atoms with Crippen molar-refractivity contribution in [2.45, 2.75) is 31.9 Å². The van der Waals surface area contributed by atoms with Crippen LogP contribution in [0.5, 0.6) is 0 Å². The number of amides is 2. The molecule has 0 saturated heterocycles. The second-order valence-electron chi connectivity index (χ2n) is 8.04. The van der Waals surface area contributed by atoms with E-state index in [1.165, 1.54) is 12.1 Å². The van der Waals surface area contributed by atoms with Crippen LogP contribution in [0, 0.1) is 6.92 Å². The molecule has 0 radical (unpaired) electrons. The molecule has 1 aliphatic heterocycles. The first-order valence-electron chi connectivity index (χ1n) is 11.0. The lowest BCUT2D eigenvalue weighted by Gasteiger charge is -2.20. The molecule has 2 aromatic rings. The van der Waals surface area contributed by atoms with Crippen LogP contribution in [0.2, 0.25) is 5.02 Å². The first-order chi connectivity index (χ1) is 16.2. The summed E-state index contributed by atoms with van der Waals surface area (Å²) >= 11 is 6.31. The zero-order valence-corrected chi connectivity index (χ0v) is 19.5. The van der Waals surface area contributed by atoms with Gasteiger partial charge in [0.1, 0.15) is 11.9 Å². The van der Waals surface area contributed by atoms with Gasteiger partial charge in [-0.1, -0.05) is 29.8 Å². The summed E-state index contributed by atoms with van der Waals surface area (Å²) in [5.41, 5.74) is 2.22. The molecule has 2 aromatic carbocycles. The van der Waals surface area contributed by atoms with Gasteiger partial charge in [0.2, 0.25) is 0 Å². The number of carbonyl (C=O) groups is 1. The first kappa shape index (κ1) is 25.7. The van der Waals surface area contributed by atoms with Crippen LogP contribution in [0.25, 0.3) is 0 Å². The minimum Gasteiger partial charge on any atom is -0.337 e. The number of anilines is 1. The number of hydrogen-bond acceptors (Lipinski definition) is 3. The van der Waals surface area contributed by atoms with Gasteiger partial charge in [-0.2, -0.15) is 13.2 Å². The number of nitrogens with one attached hydrogen (secondary N) is 3. The molecule has 0 aromatic heterocycles. The molecule has 2 amide bonds. The highest BCUT2D eigenvalue weighted by atomic mass is 35.5. The van der Waals surface area contributed by atoms with Crippen LogP contribution in [0.15, 0.2) is 59.4 Å². The van der Waals surface area contributed by atoms with Gasteiger partial charge >= 0.3 is 12.2 Å². The average molecular weight is 495 g/mol. The Balaban J connectivity index is 1.56. The van der Waals surface area contributed by atoms with Gasteiger partial charge < -0.3 is 16.0 Å². The van der Waals surface area contributed by atoms with Crippen molar-refractivity contribution in [1.82, 2.24) is 10.6 Å². The number of aliphatic imine (C=N–C) groups is 1. The summed E-state index contributed by atoms with van der Waals surface area (Å²) in [5.74, 6) is -0.0325. The Hall–Kier alpha value is -2.88. The third kappa shape index (κ3) is 7.86. The van der Waals surface area contributed by atoms with Gasteiger partial charge in [0.15, 0.2) is 6.34 Å². The van der Waals surface area contributed by atoms with Crippen LogP contribution in [-0.2, 0) is 6.18 Å². The topological polar surface area (TPSA) is 82.1 Å². The van der Waals surface area contributed by atoms with E-state index in [4.69, 9.17) is 11.6 Å². The summed E-state index contributed by atoms with van der Waals surface area (Å²) in [5, 5.41) is 11.2. The Morgan fingerprint density at radius 1 is 1.18 bits per heavy atom. The van der Waals surface area contributed by atoms with E-state index in [2.05, 4.69) is 20.9 Å². The van der Waals surface area contributed by atoms with Crippen LogP contribution < -0.4 is 21.3 Å². The van der Waals surface area contributed by atoms with E-state index < -0.39 is 17.8 Å². The molecule has 0 fully saturated rings. The number of halogens is 4. The third-order valence-electron chi connectivity index (χ3n) is 5.47. The van der Waals surface area contributed by atoms with Gasteiger partial charge in [-0.3, -0.25) is 5.32 Å². The van der Waals surface area contributed by atoms with E-state index in [9.17, 15) is 18.0 Å². The first-order valence-corrected chi connectivity index (χ1v) is 11.4. The summed E-state index contributed by atoms with van der Waals surface area (Å²) in [6, 6.07) is 9.76. The van der Waals surface area contributed by atoms with Crippen molar-refractivity contribution in [2.75, 3.05) is 25.0 Å². The highest BCUT2D eigenvalue weighted by molar-refractivity contribution is 6.31. The van der Waals surface area contributed by atoms with Crippen molar-refractivity contribution in [1.29, 1.82) is 0 Å². The predicted molar refractivity (Wildman–Crippen MR) is 128 cm³/mol. The molecule has 0 spiro atoms. The van der Waals surface area contributed by atoms with Gasteiger partial charge in [0, 0.05) is 36.1 Å². The molecule has 182 valence electrons. The van der Waals surface area contributed by atoms with E-state index in [1.807, 2.05) is 36.6 Å². The van der Waals surface area contributed by atoms with Crippen LogP contribution in [-0.4, -0.2) is 32.0 Å². The number of hydrogen-bond donors (Lipinski definition) is 4.